The minimum Gasteiger partial charge on any atom is -0.437 e. The van der Waals surface area contributed by atoms with E-state index in [1.54, 1.807) is 12.1 Å². The summed E-state index contributed by atoms with van der Waals surface area (Å²) in [6.45, 7) is 0. The lowest BCUT2D eigenvalue weighted by Gasteiger charge is -2.04. The number of nitrogens with zero attached hydrogens (tertiary/aromatic N) is 1. The fraction of sp³-hybridized carbons (Fsp3) is 0. The molecule has 0 saturated carbocycles. The quantitative estimate of drug-likeness (QED) is 0.641. The van der Waals surface area contributed by atoms with Gasteiger partial charge in [-0.25, -0.2) is 4.79 Å². The highest BCUT2D eigenvalue weighted by Crippen LogP contribution is 2.25. The Morgan fingerprint density at radius 3 is 2.88 bits per heavy atom. The smallest absolute Gasteiger partial charge is 0.351 e. The van der Waals surface area contributed by atoms with Crippen molar-refractivity contribution in [3.05, 3.63) is 49.6 Å². The first-order chi connectivity index (χ1) is 8.13. The summed E-state index contributed by atoms with van der Waals surface area (Å²) in [4.78, 5) is 28.3. The van der Waals surface area contributed by atoms with Crippen LogP contribution in [0.2, 0.25) is 0 Å². The number of hydrogen-bond donors (Lipinski definition) is 1. The monoisotopic (exact) mass is 292 g/mol. The molecule has 6 heteroatoms. The second-order valence-corrected chi connectivity index (χ2v) is 4.43. The molecule has 0 aromatic heterocycles. The van der Waals surface area contributed by atoms with Crippen LogP contribution in [0, 0.1) is 0 Å². The number of benzene rings is 1. The van der Waals surface area contributed by atoms with E-state index >= 15 is 0 Å². The Morgan fingerprint density at radius 2 is 2.06 bits per heavy atom. The van der Waals surface area contributed by atoms with Crippen molar-refractivity contribution >= 4 is 26.9 Å². The lowest BCUT2D eigenvalue weighted by Crippen LogP contribution is -2.24. The van der Waals surface area contributed by atoms with Crippen molar-refractivity contribution in [1.82, 2.24) is 9.97 Å². The second kappa shape index (κ2) is 3.53. The Bertz CT molecular complexity index is 806. The number of halogens is 1. The standard InChI is InChI=1S/C11H5BrN2O3/c12-6-1-2-8-5(3-6)4-7-9(15)13-11(16)14-10(7)17-8/h1-4H,(H,13,15,16). The lowest BCUT2D eigenvalue weighted by atomic mass is 10.2. The summed E-state index contributed by atoms with van der Waals surface area (Å²) in [6.07, 6.45) is 0. The predicted octanol–water partition coefficient (Wildman–Crippen LogP) is 1.74. The highest BCUT2D eigenvalue weighted by molar-refractivity contribution is 9.10. The number of aromatic nitrogens is 2. The Labute approximate surface area is 103 Å². The fourth-order valence-electron chi connectivity index (χ4n) is 1.63. The Balaban J connectivity index is 2.53. The van der Waals surface area contributed by atoms with Gasteiger partial charge in [-0.05, 0) is 24.3 Å². The maximum absolute atomic E-state index is 11.6. The molecule has 0 atom stereocenters. The van der Waals surface area contributed by atoms with Crippen LogP contribution < -0.4 is 11.2 Å². The maximum atomic E-state index is 11.6. The van der Waals surface area contributed by atoms with Crippen molar-refractivity contribution < 1.29 is 4.42 Å². The second-order valence-electron chi connectivity index (χ2n) is 3.52. The van der Waals surface area contributed by atoms with E-state index in [1.165, 1.54) is 0 Å². The summed E-state index contributed by atoms with van der Waals surface area (Å²) < 4.78 is 6.29. The van der Waals surface area contributed by atoms with E-state index in [9.17, 15) is 9.59 Å². The molecule has 1 N–H and O–H groups in total. The van der Waals surface area contributed by atoms with Gasteiger partial charge < -0.3 is 4.42 Å². The van der Waals surface area contributed by atoms with Crippen LogP contribution in [0.1, 0.15) is 0 Å². The molecule has 1 aromatic rings. The molecule has 3 rings (SSSR count). The average molecular weight is 293 g/mol. The normalized spacial score (nSPS) is 11.1. The van der Waals surface area contributed by atoms with Crippen LogP contribution in [0.15, 0.2) is 42.7 Å². The number of hydrogen-bond acceptors (Lipinski definition) is 4. The predicted molar refractivity (Wildman–Crippen MR) is 65.2 cm³/mol. The number of nitrogens with one attached hydrogen (secondary N) is 1. The van der Waals surface area contributed by atoms with Gasteiger partial charge in [0.15, 0.2) is 0 Å². The third kappa shape index (κ3) is 1.66. The van der Waals surface area contributed by atoms with Gasteiger partial charge in [0.25, 0.3) is 5.56 Å². The van der Waals surface area contributed by atoms with Crippen molar-refractivity contribution in [3.63, 3.8) is 0 Å². The summed E-state index contributed by atoms with van der Waals surface area (Å²) in [5, 5.41) is 0.762. The third-order valence-corrected chi connectivity index (χ3v) is 2.87. The number of H-pyrrole nitrogens is 1. The van der Waals surface area contributed by atoms with E-state index in [0.717, 1.165) is 9.86 Å². The minimum atomic E-state index is -0.706. The fourth-order valence-corrected chi connectivity index (χ4v) is 2.01. The molecule has 0 spiro atoms. The first-order valence-electron chi connectivity index (χ1n) is 4.77. The van der Waals surface area contributed by atoms with Crippen LogP contribution in [-0.2, 0) is 0 Å². The van der Waals surface area contributed by atoms with Gasteiger partial charge in [-0.1, -0.05) is 15.9 Å². The number of rotatable bonds is 0. The van der Waals surface area contributed by atoms with Crippen molar-refractivity contribution in [1.29, 1.82) is 0 Å². The zero-order chi connectivity index (χ0) is 12.0. The average Bonchev–Trinajstić information content (AvgIpc) is 2.27. The number of aromatic amines is 1. The van der Waals surface area contributed by atoms with E-state index in [2.05, 4.69) is 25.9 Å². The van der Waals surface area contributed by atoms with Gasteiger partial charge in [0.1, 0.15) is 11.1 Å². The SMILES string of the molecule is O=c1nc2oc3ccc(Br)cc3cc-2c(=O)[nH]1. The van der Waals surface area contributed by atoms with Gasteiger partial charge in [0.05, 0.1) is 0 Å². The zero-order valence-electron chi connectivity index (χ0n) is 8.36. The van der Waals surface area contributed by atoms with Crippen molar-refractivity contribution in [2.45, 2.75) is 0 Å². The Morgan fingerprint density at radius 1 is 1.24 bits per heavy atom. The molecule has 0 bridgehead atoms. The first kappa shape index (κ1) is 10.2. The summed E-state index contributed by atoms with van der Waals surface area (Å²) in [7, 11) is 0. The largest absolute Gasteiger partial charge is 0.437 e. The van der Waals surface area contributed by atoms with E-state index in [1.807, 2.05) is 12.1 Å². The van der Waals surface area contributed by atoms with Gasteiger partial charge >= 0.3 is 5.69 Å². The van der Waals surface area contributed by atoms with E-state index in [-0.39, 0.29) is 11.5 Å². The summed E-state index contributed by atoms with van der Waals surface area (Å²) >= 11 is 3.33. The molecule has 2 aliphatic rings. The van der Waals surface area contributed by atoms with Crippen LogP contribution in [0.5, 0.6) is 0 Å². The highest BCUT2D eigenvalue weighted by atomic mass is 79.9. The molecule has 2 aliphatic heterocycles. The molecule has 0 amide bonds. The van der Waals surface area contributed by atoms with Gasteiger partial charge in [-0.3, -0.25) is 9.78 Å². The maximum Gasteiger partial charge on any atom is 0.351 e. The van der Waals surface area contributed by atoms with E-state index in [4.69, 9.17) is 4.42 Å². The van der Waals surface area contributed by atoms with Gasteiger partial charge in [0, 0.05) is 9.86 Å². The molecule has 5 nitrogen and oxygen atoms in total. The molecule has 0 fully saturated rings. The van der Waals surface area contributed by atoms with Crippen molar-refractivity contribution in [2.75, 3.05) is 0 Å². The summed E-state index contributed by atoms with van der Waals surface area (Å²) in [5.74, 6) is 0.0496. The van der Waals surface area contributed by atoms with Crippen molar-refractivity contribution in [2.24, 2.45) is 0 Å². The van der Waals surface area contributed by atoms with Crippen LogP contribution in [0.25, 0.3) is 22.4 Å². The molecule has 2 heterocycles. The highest BCUT2D eigenvalue weighted by Gasteiger charge is 2.13. The topological polar surface area (TPSA) is 76.0 Å². The van der Waals surface area contributed by atoms with Gasteiger partial charge in [0.2, 0.25) is 5.89 Å². The zero-order valence-corrected chi connectivity index (χ0v) is 9.95. The molecule has 17 heavy (non-hydrogen) atoms. The third-order valence-electron chi connectivity index (χ3n) is 2.38. The molecule has 1 aromatic carbocycles. The van der Waals surface area contributed by atoms with Gasteiger partial charge in [-0.2, -0.15) is 4.98 Å². The van der Waals surface area contributed by atoms with E-state index < -0.39 is 11.2 Å². The van der Waals surface area contributed by atoms with Crippen LogP contribution >= 0.6 is 15.9 Å². The van der Waals surface area contributed by atoms with E-state index in [0.29, 0.717) is 5.58 Å². The lowest BCUT2D eigenvalue weighted by molar-refractivity contribution is 0.592. The molecular formula is C11H5BrN2O3. The molecule has 0 aliphatic carbocycles. The Kier molecular flexibility index (Phi) is 2.12. The van der Waals surface area contributed by atoms with Crippen LogP contribution in [0.4, 0.5) is 0 Å². The van der Waals surface area contributed by atoms with Gasteiger partial charge in [-0.15, -0.1) is 0 Å². The molecule has 0 unspecified atom stereocenters. The summed E-state index contributed by atoms with van der Waals surface area (Å²) in [6, 6.07) is 7.02. The molecular weight excluding hydrogens is 288 g/mol. The summed E-state index contributed by atoms with van der Waals surface area (Å²) in [5.41, 5.74) is -0.373. The van der Waals surface area contributed by atoms with Crippen LogP contribution in [-0.4, -0.2) is 9.97 Å². The van der Waals surface area contributed by atoms with Crippen molar-refractivity contribution in [3.8, 4) is 11.5 Å². The Hall–Kier alpha value is -1.95. The number of fused-ring (bicyclic) bond motifs is 2. The van der Waals surface area contributed by atoms with Crippen LogP contribution in [0.3, 0.4) is 0 Å². The minimum absolute atomic E-state index is 0.0496. The molecule has 0 saturated heterocycles. The first-order valence-corrected chi connectivity index (χ1v) is 5.56. The molecule has 84 valence electrons. The molecule has 0 radical (unpaired) electrons.